The van der Waals surface area contributed by atoms with Crippen LogP contribution >= 0.6 is 21.6 Å². The summed E-state index contributed by atoms with van der Waals surface area (Å²) in [6.07, 6.45) is -0.339. The number of nitrogens with two attached hydrogens (primary N) is 2. The zero-order valence-electron chi connectivity index (χ0n) is 35.6. The Hall–Kier alpha value is -6.77. The van der Waals surface area contributed by atoms with Crippen LogP contribution in [-0.4, -0.2) is 157 Å². The van der Waals surface area contributed by atoms with Crippen molar-refractivity contribution in [1.82, 2.24) is 45.7 Å². The molecule has 5 heterocycles. The molecule has 7 rings (SSSR count). The number of carbonyl (C=O) groups excluding carboxylic acids is 5. The second kappa shape index (κ2) is 19.4. The van der Waals surface area contributed by atoms with Crippen LogP contribution in [0.1, 0.15) is 35.8 Å². The molecular formula is C40H46N12O12S2. The number of aromatic nitrogens is 4. The molecule has 350 valence electrons. The molecule has 2 fully saturated rings. The van der Waals surface area contributed by atoms with E-state index in [0.717, 1.165) is 10.8 Å². The maximum absolute atomic E-state index is 14.1. The van der Waals surface area contributed by atoms with Gasteiger partial charge in [0, 0.05) is 66.6 Å². The van der Waals surface area contributed by atoms with Crippen LogP contribution in [0.25, 0.3) is 11.2 Å². The van der Waals surface area contributed by atoms with E-state index in [4.69, 9.17) is 20.9 Å². The van der Waals surface area contributed by atoms with Gasteiger partial charge in [0.15, 0.2) is 16.9 Å². The molecule has 66 heavy (non-hydrogen) atoms. The minimum absolute atomic E-state index is 0.0163. The standard InChI is InChI=1S/C40H46N12O12S2/c1-17-27(31(55)26-21(15-64-39(42)62)40(63-3)32-24(51(32)2)14-52(40)29(26)30(17)54)43-10-11-65-66-16-23(37(60)61)47-25(53)9-8-22(36(58)59)48-34(56)18-4-6-19(7-5-18)44-12-20-13-45-33-28(46-20)35(57)50-38(41)49-33/h4-7,13,21-24,32,43-44H,8-12,14-16H2,1-3H3,(H2,42,62)(H,47,53)(H,48,56)(H,58,59)(H,60,61)(H3,41,45,49,50,57)/t21-,22?,23?,24+,32+,40-,51?/m1/s1. The number of nitrogens with zero attached hydrogens (tertiary/aromatic N) is 5. The summed E-state index contributed by atoms with van der Waals surface area (Å²) in [5.41, 5.74) is 11.1. The number of fused-ring (bicyclic) bond motifs is 5. The molecule has 3 aliphatic heterocycles. The monoisotopic (exact) mass is 950 g/mol. The Kier molecular flexibility index (Phi) is 13.9. The Morgan fingerprint density at radius 2 is 1.74 bits per heavy atom. The largest absolute Gasteiger partial charge is 0.480 e. The van der Waals surface area contributed by atoms with Gasteiger partial charge in [-0.3, -0.25) is 33.9 Å². The lowest BCUT2D eigenvalue weighted by atomic mass is 9.82. The summed E-state index contributed by atoms with van der Waals surface area (Å²) in [6.45, 7) is 2.11. The van der Waals surface area contributed by atoms with E-state index >= 15 is 0 Å². The minimum atomic E-state index is -1.47. The number of hydrogen-bond acceptors (Lipinski definition) is 20. The first-order valence-corrected chi connectivity index (χ1v) is 22.9. The van der Waals surface area contributed by atoms with Crippen molar-refractivity contribution in [2.45, 2.75) is 56.2 Å². The Morgan fingerprint density at radius 3 is 2.42 bits per heavy atom. The number of carbonyl (C=O) groups is 7. The summed E-state index contributed by atoms with van der Waals surface area (Å²) in [4.78, 5) is 120. The second-order valence-corrected chi connectivity index (χ2v) is 18.3. The van der Waals surface area contributed by atoms with Crippen molar-refractivity contribution in [2.24, 2.45) is 11.7 Å². The molecule has 2 saturated heterocycles. The summed E-state index contributed by atoms with van der Waals surface area (Å²) >= 11 is 0. The van der Waals surface area contributed by atoms with Crippen LogP contribution < -0.4 is 38.3 Å². The van der Waals surface area contributed by atoms with Crippen molar-refractivity contribution >= 4 is 85.8 Å². The lowest BCUT2D eigenvalue weighted by Crippen LogP contribution is -2.55. The zero-order valence-corrected chi connectivity index (χ0v) is 37.2. The number of piperazine rings is 1. The lowest BCUT2D eigenvalue weighted by Gasteiger charge is -2.40. The molecule has 3 unspecified atom stereocenters. The van der Waals surface area contributed by atoms with Gasteiger partial charge >= 0.3 is 18.0 Å². The normalized spacial score (nSPS) is 22.6. The van der Waals surface area contributed by atoms with E-state index in [0.29, 0.717) is 23.7 Å². The number of amides is 3. The van der Waals surface area contributed by atoms with Gasteiger partial charge in [0.1, 0.15) is 18.7 Å². The highest BCUT2D eigenvalue weighted by Crippen LogP contribution is 2.59. The molecule has 11 N–H and O–H groups in total. The number of aromatic amines is 1. The Bertz CT molecular complexity index is 2630. The van der Waals surface area contributed by atoms with Gasteiger partial charge in [0.2, 0.25) is 23.4 Å². The average molecular weight is 951 g/mol. The number of ketones is 2. The fourth-order valence-corrected chi connectivity index (χ4v) is 10.6. The molecule has 1 aromatic carbocycles. The van der Waals surface area contributed by atoms with Crippen LogP contribution in [0, 0.1) is 5.92 Å². The highest BCUT2D eigenvalue weighted by Gasteiger charge is 2.75. The van der Waals surface area contributed by atoms with Gasteiger partial charge in [-0.15, -0.1) is 0 Å². The molecule has 0 radical (unpaired) electrons. The topological polar surface area (TPSA) is 356 Å². The number of carboxylic acid groups (broad SMARTS) is 2. The number of Topliss-reactive ketones (excluding diaryl/α,β-unsaturated/α-hetero) is 2. The molecule has 24 nitrogen and oxygen atoms in total. The maximum Gasteiger partial charge on any atom is 0.404 e. The fraction of sp³-hybridized carbons (Fsp3) is 0.425. The predicted molar refractivity (Wildman–Crippen MR) is 237 cm³/mol. The highest BCUT2D eigenvalue weighted by atomic mass is 33.1. The summed E-state index contributed by atoms with van der Waals surface area (Å²) in [6, 6.07) is 3.21. The number of rotatable bonds is 21. The molecule has 3 aromatic rings. The van der Waals surface area contributed by atoms with Crippen LogP contribution in [0.4, 0.5) is 16.4 Å². The predicted octanol–water partition coefficient (Wildman–Crippen LogP) is -0.843. The molecule has 4 aliphatic rings. The van der Waals surface area contributed by atoms with E-state index in [2.05, 4.69) is 46.1 Å². The smallest absolute Gasteiger partial charge is 0.404 e. The van der Waals surface area contributed by atoms with Crippen molar-refractivity contribution < 1.29 is 53.2 Å². The number of methoxy groups -OCH3 is 1. The zero-order chi connectivity index (χ0) is 47.6. The molecule has 0 saturated carbocycles. The number of nitrogens with one attached hydrogen (secondary N) is 5. The van der Waals surface area contributed by atoms with Crippen molar-refractivity contribution in [2.75, 3.05) is 56.4 Å². The minimum Gasteiger partial charge on any atom is -0.480 e. The van der Waals surface area contributed by atoms with Crippen LogP contribution in [0.5, 0.6) is 0 Å². The van der Waals surface area contributed by atoms with Gasteiger partial charge in [0.05, 0.1) is 41.8 Å². The summed E-state index contributed by atoms with van der Waals surface area (Å²) in [7, 11) is 5.81. The van der Waals surface area contributed by atoms with Crippen molar-refractivity contribution in [3.05, 3.63) is 74.6 Å². The van der Waals surface area contributed by atoms with Gasteiger partial charge in [-0.1, -0.05) is 21.6 Å². The number of ether oxygens (including phenoxy) is 2. The molecule has 3 amide bonds. The van der Waals surface area contributed by atoms with Crippen LogP contribution in [0.2, 0.25) is 0 Å². The van der Waals surface area contributed by atoms with Crippen molar-refractivity contribution in [1.29, 1.82) is 0 Å². The number of primary amides is 1. The number of hydrogen-bond donors (Lipinski definition) is 9. The fourth-order valence-electron chi connectivity index (χ4n) is 8.52. The number of nitrogen functional groups attached to an aromatic ring is 1. The van der Waals surface area contributed by atoms with Crippen molar-refractivity contribution in [3.8, 4) is 0 Å². The van der Waals surface area contributed by atoms with E-state index in [1.54, 1.807) is 19.1 Å². The van der Waals surface area contributed by atoms with Crippen LogP contribution in [-0.2, 0) is 40.0 Å². The van der Waals surface area contributed by atoms with E-state index in [1.807, 2.05) is 11.9 Å². The summed E-state index contributed by atoms with van der Waals surface area (Å²) in [5.74, 6) is -5.55. The molecule has 0 spiro atoms. The third-order valence-electron chi connectivity index (χ3n) is 11.8. The summed E-state index contributed by atoms with van der Waals surface area (Å²) in [5, 5.41) is 30.5. The number of carboxylic acids is 2. The molecule has 1 aliphatic carbocycles. The first kappa shape index (κ1) is 47.2. The highest BCUT2D eigenvalue weighted by molar-refractivity contribution is 8.76. The molecular weight excluding hydrogens is 905 g/mol. The van der Waals surface area contributed by atoms with Gasteiger partial charge in [-0.05, 0) is 44.7 Å². The third-order valence-corrected chi connectivity index (χ3v) is 14.2. The van der Waals surface area contributed by atoms with Gasteiger partial charge < -0.3 is 57.3 Å². The Morgan fingerprint density at radius 1 is 1.02 bits per heavy atom. The molecule has 26 heteroatoms. The van der Waals surface area contributed by atoms with Crippen molar-refractivity contribution in [3.63, 3.8) is 0 Å². The van der Waals surface area contributed by atoms with E-state index in [-0.39, 0.29) is 95.0 Å². The van der Waals surface area contributed by atoms with E-state index in [9.17, 15) is 48.6 Å². The number of anilines is 2. The number of H-pyrrole nitrogens is 1. The van der Waals surface area contributed by atoms with Crippen LogP contribution in [0.15, 0.2) is 57.8 Å². The quantitative estimate of drug-likeness (QED) is 0.0272. The van der Waals surface area contributed by atoms with Crippen LogP contribution in [0.3, 0.4) is 0 Å². The first-order valence-electron chi connectivity index (χ1n) is 20.4. The Balaban J connectivity index is 0.845. The van der Waals surface area contributed by atoms with Gasteiger partial charge in [-0.25, -0.2) is 24.4 Å². The molecule has 0 bridgehead atoms. The van der Waals surface area contributed by atoms with E-state index in [1.165, 1.54) is 36.2 Å². The van der Waals surface area contributed by atoms with Gasteiger partial charge in [-0.2, -0.15) is 4.98 Å². The Labute approximate surface area is 382 Å². The SMILES string of the molecule is CO[C@@]12[C@H](COC(N)=O)C3=C(C(=O)C(C)=C(NCCSSCC(NC(=O)CCC(NC(=O)c4ccc(NCc5cnc6nc(N)[nH]c(=O)c6n5)cc4)C(=O)O)C(=O)O)C3=O)N1C[C@H]1[C@@H]2N1C. The average Bonchev–Trinajstić information content (AvgIpc) is 3.63. The summed E-state index contributed by atoms with van der Waals surface area (Å²) < 4.78 is 11.3. The number of allylic oxidation sites excluding steroid dienone is 2. The number of likely N-dealkylation sites (N-methyl/N-ethyl adjacent to an activating group) is 1. The molecule has 7 atom stereocenters. The number of benzene rings is 1. The first-order chi connectivity index (χ1) is 31.5. The van der Waals surface area contributed by atoms with Gasteiger partial charge in [0.25, 0.3) is 11.5 Å². The lowest BCUT2D eigenvalue weighted by molar-refractivity contribution is -0.144. The maximum atomic E-state index is 14.1. The van der Waals surface area contributed by atoms with E-state index < -0.39 is 71.3 Å². The third kappa shape index (κ3) is 9.33. The molecule has 2 aromatic heterocycles. The number of aliphatic carboxylic acids is 2. The second-order valence-electron chi connectivity index (χ2n) is 15.7.